The highest BCUT2D eigenvalue weighted by atomic mass is 127. The smallest absolute Gasteiger partial charge is 0.191 e. The van der Waals surface area contributed by atoms with Crippen LogP contribution in [-0.2, 0) is 9.47 Å². The van der Waals surface area contributed by atoms with E-state index in [1.54, 1.807) is 7.11 Å². The van der Waals surface area contributed by atoms with Crippen molar-refractivity contribution in [1.29, 1.82) is 0 Å². The maximum absolute atomic E-state index is 5.39. The number of rotatable bonds is 8. The topological polar surface area (TPSA) is 58.1 Å². The van der Waals surface area contributed by atoms with Crippen molar-refractivity contribution in [2.24, 2.45) is 4.99 Å². The normalized spacial score (nSPS) is 17.0. The Hall–Kier alpha value is -0.120. The first kappa shape index (κ1) is 21.9. The number of hydrogen-bond acceptors (Lipinski definition) is 4. The summed E-state index contributed by atoms with van der Waals surface area (Å²) < 4.78 is 10.7. The lowest BCUT2D eigenvalue weighted by atomic mass is 10.1. The largest absolute Gasteiger partial charge is 0.379 e. The number of ether oxygens (including phenoxy) is 2. The average molecular weight is 428 g/mol. The van der Waals surface area contributed by atoms with E-state index >= 15 is 0 Å². The van der Waals surface area contributed by atoms with Gasteiger partial charge in [0.1, 0.15) is 0 Å². The van der Waals surface area contributed by atoms with E-state index < -0.39 is 0 Å². The first-order valence-corrected chi connectivity index (χ1v) is 7.95. The van der Waals surface area contributed by atoms with Crippen LogP contribution in [0.3, 0.4) is 0 Å². The average Bonchev–Trinajstić information content (AvgIpc) is 2.50. The van der Waals surface area contributed by atoms with Crippen LogP contribution >= 0.6 is 24.0 Å². The van der Waals surface area contributed by atoms with E-state index in [0.29, 0.717) is 6.54 Å². The van der Waals surface area contributed by atoms with Crippen LogP contribution in [0.1, 0.15) is 27.2 Å². The van der Waals surface area contributed by atoms with Gasteiger partial charge in [-0.1, -0.05) is 0 Å². The molecule has 0 bridgehead atoms. The maximum Gasteiger partial charge on any atom is 0.191 e. The van der Waals surface area contributed by atoms with E-state index in [4.69, 9.17) is 9.47 Å². The van der Waals surface area contributed by atoms with Crippen molar-refractivity contribution in [2.45, 2.75) is 32.8 Å². The molecule has 0 aromatic heterocycles. The molecule has 0 atom stereocenters. The molecule has 1 aliphatic heterocycles. The van der Waals surface area contributed by atoms with Crippen molar-refractivity contribution in [3.8, 4) is 0 Å². The van der Waals surface area contributed by atoms with E-state index in [1.807, 2.05) is 13.8 Å². The van der Waals surface area contributed by atoms with E-state index in [1.165, 1.54) is 0 Å². The van der Waals surface area contributed by atoms with E-state index in [0.717, 1.165) is 58.3 Å². The molecule has 0 radical (unpaired) electrons. The fraction of sp³-hybridized carbons (Fsp3) is 0.933. The number of nitrogens with zero attached hydrogens (tertiary/aromatic N) is 2. The standard InChI is InChI=1S/C15H32N4O2.HI/c1-5-16-14(18-13-15(2,3)20-4)17-7-6-8-19-9-11-21-12-10-19;/h5-13H2,1-4H3,(H2,16,17,18);1H. The zero-order chi connectivity index (χ0) is 15.6. The van der Waals surface area contributed by atoms with Gasteiger partial charge in [0.15, 0.2) is 5.96 Å². The lowest BCUT2D eigenvalue weighted by Gasteiger charge is -2.26. The highest BCUT2D eigenvalue weighted by molar-refractivity contribution is 14.0. The van der Waals surface area contributed by atoms with Gasteiger partial charge in [-0.2, -0.15) is 0 Å². The molecule has 0 saturated carbocycles. The molecule has 132 valence electrons. The minimum Gasteiger partial charge on any atom is -0.379 e. The van der Waals surface area contributed by atoms with Crippen LogP contribution in [0.4, 0.5) is 0 Å². The summed E-state index contributed by atoms with van der Waals surface area (Å²) in [7, 11) is 1.72. The van der Waals surface area contributed by atoms with Crippen LogP contribution in [0.5, 0.6) is 0 Å². The van der Waals surface area contributed by atoms with Gasteiger partial charge in [-0.05, 0) is 33.7 Å². The van der Waals surface area contributed by atoms with Crippen molar-refractivity contribution in [2.75, 3.05) is 59.6 Å². The second-order valence-electron chi connectivity index (χ2n) is 5.89. The molecule has 0 amide bonds. The van der Waals surface area contributed by atoms with Gasteiger partial charge < -0.3 is 20.1 Å². The van der Waals surface area contributed by atoms with Gasteiger partial charge in [-0.25, -0.2) is 0 Å². The molecule has 7 heteroatoms. The molecule has 1 rings (SSSR count). The molecule has 0 aliphatic carbocycles. The van der Waals surface area contributed by atoms with Gasteiger partial charge in [0.05, 0.1) is 25.4 Å². The summed E-state index contributed by atoms with van der Waals surface area (Å²) in [5.74, 6) is 0.865. The Bertz CT molecular complexity index is 308. The highest BCUT2D eigenvalue weighted by Gasteiger charge is 2.15. The fourth-order valence-electron chi connectivity index (χ4n) is 2.01. The molecule has 22 heavy (non-hydrogen) atoms. The number of aliphatic imine (C=N–C) groups is 1. The molecular formula is C15H33IN4O2. The summed E-state index contributed by atoms with van der Waals surface area (Å²) in [5.41, 5.74) is -0.226. The van der Waals surface area contributed by atoms with E-state index in [-0.39, 0.29) is 29.6 Å². The predicted molar refractivity (Wildman–Crippen MR) is 102 cm³/mol. The maximum atomic E-state index is 5.39. The van der Waals surface area contributed by atoms with Crippen LogP contribution in [0, 0.1) is 0 Å². The Morgan fingerprint density at radius 2 is 1.95 bits per heavy atom. The van der Waals surface area contributed by atoms with E-state index in [2.05, 4.69) is 27.4 Å². The number of nitrogens with one attached hydrogen (secondary N) is 2. The third-order valence-electron chi connectivity index (χ3n) is 3.56. The number of guanidine groups is 1. The Morgan fingerprint density at radius 1 is 1.27 bits per heavy atom. The second kappa shape index (κ2) is 12.3. The number of hydrogen-bond donors (Lipinski definition) is 2. The molecule has 0 unspecified atom stereocenters. The number of morpholine rings is 1. The van der Waals surface area contributed by atoms with Crippen molar-refractivity contribution in [3.63, 3.8) is 0 Å². The van der Waals surface area contributed by atoms with E-state index in [9.17, 15) is 0 Å². The predicted octanol–water partition coefficient (Wildman–Crippen LogP) is 1.31. The Balaban J connectivity index is 0.00000441. The first-order chi connectivity index (χ1) is 10.1. The van der Waals surface area contributed by atoms with Crippen molar-refractivity contribution < 1.29 is 9.47 Å². The number of methoxy groups -OCH3 is 1. The Kier molecular flexibility index (Phi) is 12.3. The third-order valence-corrected chi connectivity index (χ3v) is 3.56. The number of halogens is 1. The quantitative estimate of drug-likeness (QED) is 0.264. The van der Waals surface area contributed by atoms with Gasteiger partial charge >= 0.3 is 0 Å². The summed E-state index contributed by atoms with van der Waals surface area (Å²) >= 11 is 0. The fourth-order valence-corrected chi connectivity index (χ4v) is 2.01. The third kappa shape index (κ3) is 9.81. The molecule has 0 spiro atoms. The van der Waals surface area contributed by atoms with Crippen LogP contribution in [0.25, 0.3) is 0 Å². The van der Waals surface area contributed by atoms with Crippen molar-refractivity contribution in [1.82, 2.24) is 15.5 Å². The van der Waals surface area contributed by atoms with Crippen LogP contribution in [-0.4, -0.2) is 76.1 Å². The molecule has 2 N–H and O–H groups in total. The SMILES string of the molecule is CCNC(=NCC(C)(C)OC)NCCCN1CCOCC1.I. The Morgan fingerprint density at radius 3 is 2.55 bits per heavy atom. The molecule has 6 nitrogen and oxygen atoms in total. The van der Waals surface area contributed by atoms with Gasteiger partial charge in [-0.15, -0.1) is 24.0 Å². The van der Waals surface area contributed by atoms with Crippen molar-refractivity contribution >= 4 is 29.9 Å². The first-order valence-electron chi connectivity index (χ1n) is 7.95. The summed E-state index contributed by atoms with van der Waals surface area (Å²) in [6.45, 7) is 13.5. The van der Waals surface area contributed by atoms with Gasteiger partial charge in [0.25, 0.3) is 0 Å². The molecule has 1 saturated heterocycles. The van der Waals surface area contributed by atoms with Crippen LogP contribution < -0.4 is 10.6 Å². The van der Waals surface area contributed by atoms with Crippen LogP contribution in [0.2, 0.25) is 0 Å². The summed E-state index contributed by atoms with van der Waals surface area (Å²) in [6.07, 6.45) is 1.11. The van der Waals surface area contributed by atoms with Gasteiger partial charge in [0.2, 0.25) is 0 Å². The van der Waals surface area contributed by atoms with Gasteiger partial charge in [0, 0.05) is 33.3 Å². The zero-order valence-corrected chi connectivity index (χ0v) is 16.8. The molecular weight excluding hydrogens is 395 g/mol. The summed E-state index contributed by atoms with van der Waals surface area (Å²) in [6, 6.07) is 0. The molecule has 0 aromatic rings. The summed E-state index contributed by atoms with van der Waals surface area (Å²) in [4.78, 5) is 7.02. The second-order valence-corrected chi connectivity index (χ2v) is 5.89. The zero-order valence-electron chi connectivity index (χ0n) is 14.5. The lowest BCUT2D eigenvalue weighted by molar-refractivity contribution is 0.0310. The highest BCUT2D eigenvalue weighted by Crippen LogP contribution is 2.06. The van der Waals surface area contributed by atoms with Gasteiger partial charge in [-0.3, -0.25) is 9.89 Å². The lowest BCUT2D eigenvalue weighted by Crippen LogP contribution is -2.41. The van der Waals surface area contributed by atoms with Crippen LogP contribution in [0.15, 0.2) is 4.99 Å². The molecule has 1 fully saturated rings. The Labute approximate surface area is 152 Å². The molecule has 1 heterocycles. The minimum atomic E-state index is -0.226. The van der Waals surface area contributed by atoms with Crippen molar-refractivity contribution in [3.05, 3.63) is 0 Å². The minimum absolute atomic E-state index is 0. The monoisotopic (exact) mass is 428 g/mol. The summed E-state index contributed by atoms with van der Waals surface area (Å²) in [5, 5.41) is 6.65. The molecule has 1 aliphatic rings. The molecule has 0 aromatic carbocycles.